The van der Waals surface area contributed by atoms with Gasteiger partial charge in [-0.05, 0) is 57.3 Å². The zero-order chi connectivity index (χ0) is 19.6. The van der Waals surface area contributed by atoms with Crippen molar-refractivity contribution in [1.29, 1.82) is 0 Å². The maximum absolute atomic E-state index is 12.5. The molecule has 3 aliphatic rings. The van der Waals surface area contributed by atoms with Crippen molar-refractivity contribution in [2.24, 2.45) is 5.92 Å². The van der Waals surface area contributed by atoms with Gasteiger partial charge in [0.25, 0.3) is 0 Å². The number of carbonyl (C=O) groups excluding carboxylic acids is 2. The molecule has 28 heavy (non-hydrogen) atoms. The van der Waals surface area contributed by atoms with Crippen LogP contribution in [0.3, 0.4) is 0 Å². The Hall–Kier alpha value is -1.14. The standard InChI is InChI=1S/C22H38N2O4/c25-21(12-10-18-8-4-14-27-18)23-16-20(17-6-2-1-3-7-17)24-22(26)13-11-19-9-5-15-28-19/h17-20H,1-16H2,(H,23,25)(H,24,26). The lowest BCUT2D eigenvalue weighted by Gasteiger charge is -2.31. The highest BCUT2D eigenvalue weighted by atomic mass is 16.5. The number of ether oxygens (including phenoxy) is 2. The summed E-state index contributed by atoms with van der Waals surface area (Å²) in [5.41, 5.74) is 0. The Balaban J connectivity index is 1.41. The van der Waals surface area contributed by atoms with Gasteiger partial charge in [-0.25, -0.2) is 0 Å². The summed E-state index contributed by atoms with van der Waals surface area (Å²) in [5.74, 6) is 0.642. The lowest BCUT2D eigenvalue weighted by atomic mass is 9.83. The van der Waals surface area contributed by atoms with Gasteiger partial charge in [0.1, 0.15) is 0 Å². The van der Waals surface area contributed by atoms with Crippen molar-refractivity contribution in [1.82, 2.24) is 10.6 Å². The van der Waals surface area contributed by atoms with Crippen molar-refractivity contribution < 1.29 is 19.1 Å². The SMILES string of the molecule is O=C(CCC1CCCO1)NCC(NC(=O)CCC1CCCO1)C1CCCCC1. The molecule has 0 spiro atoms. The number of hydrogen-bond donors (Lipinski definition) is 2. The van der Waals surface area contributed by atoms with E-state index < -0.39 is 0 Å². The van der Waals surface area contributed by atoms with Crippen LogP contribution >= 0.6 is 0 Å². The van der Waals surface area contributed by atoms with E-state index >= 15 is 0 Å². The van der Waals surface area contributed by atoms with Gasteiger partial charge in [-0.3, -0.25) is 9.59 Å². The van der Waals surface area contributed by atoms with Crippen LogP contribution in [0.4, 0.5) is 0 Å². The largest absolute Gasteiger partial charge is 0.378 e. The molecule has 2 amide bonds. The van der Waals surface area contributed by atoms with Crippen LogP contribution in [-0.2, 0) is 19.1 Å². The average molecular weight is 395 g/mol. The van der Waals surface area contributed by atoms with Crippen LogP contribution in [0.5, 0.6) is 0 Å². The van der Waals surface area contributed by atoms with Crippen molar-refractivity contribution in [3.8, 4) is 0 Å². The monoisotopic (exact) mass is 394 g/mol. The van der Waals surface area contributed by atoms with Crippen LogP contribution in [0.15, 0.2) is 0 Å². The Labute approximate surface area is 169 Å². The maximum Gasteiger partial charge on any atom is 0.220 e. The van der Waals surface area contributed by atoms with Gasteiger partial charge in [-0.15, -0.1) is 0 Å². The Kier molecular flexibility index (Phi) is 9.06. The Morgan fingerprint density at radius 2 is 1.39 bits per heavy atom. The molecule has 0 aromatic rings. The Morgan fingerprint density at radius 3 is 1.96 bits per heavy atom. The summed E-state index contributed by atoms with van der Waals surface area (Å²) < 4.78 is 11.2. The quantitative estimate of drug-likeness (QED) is 0.597. The summed E-state index contributed by atoms with van der Waals surface area (Å²) in [4.78, 5) is 24.8. The topological polar surface area (TPSA) is 76.7 Å². The predicted molar refractivity (Wildman–Crippen MR) is 108 cm³/mol. The second-order valence-electron chi connectivity index (χ2n) is 8.72. The van der Waals surface area contributed by atoms with E-state index in [1.54, 1.807) is 0 Å². The second-order valence-corrected chi connectivity index (χ2v) is 8.72. The van der Waals surface area contributed by atoms with E-state index in [0.717, 1.165) is 64.6 Å². The highest BCUT2D eigenvalue weighted by Crippen LogP contribution is 2.26. The van der Waals surface area contributed by atoms with Gasteiger partial charge in [-0.1, -0.05) is 19.3 Å². The van der Waals surface area contributed by atoms with Crippen molar-refractivity contribution >= 4 is 11.8 Å². The molecule has 0 aromatic carbocycles. The van der Waals surface area contributed by atoms with Crippen LogP contribution in [-0.4, -0.2) is 49.8 Å². The zero-order valence-corrected chi connectivity index (χ0v) is 17.3. The number of carbonyl (C=O) groups is 2. The molecular weight excluding hydrogens is 356 g/mol. The van der Waals surface area contributed by atoms with Crippen LogP contribution in [0.25, 0.3) is 0 Å². The van der Waals surface area contributed by atoms with E-state index in [2.05, 4.69) is 10.6 Å². The molecule has 2 N–H and O–H groups in total. The van der Waals surface area contributed by atoms with Gasteiger partial charge in [0.15, 0.2) is 0 Å². The van der Waals surface area contributed by atoms with Crippen molar-refractivity contribution in [3.63, 3.8) is 0 Å². The molecule has 3 fully saturated rings. The molecule has 6 heteroatoms. The minimum absolute atomic E-state index is 0.0453. The highest BCUT2D eigenvalue weighted by molar-refractivity contribution is 5.77. The van der Waals surface area contributed by atoms with E-state index in [9.17, 15) is 9.59 Å². The zero-order valence-electron chi connectivity index (χ0n) is 17.3. The first-order valence-electron chi connectivity index (χ1n) is 11.5. The molecule has 1 saturated carbocycles. The highest BCUT2D eigenvalue weighted by Gasteiger charge is 2.26. The van der Waals surface area contributed by atoms with Crippen LogP contribution in [0, 0.1) is 5.92 Å². The summed E-state index contributed by atoms with van der Waals surface area (Å²) in [7, 11) is 0. The summed E-state index contributed by atoms with van der Waals surface area (Å²) >= 11 is 0. The number of amides is 2. The van der Waals surface area contributed by atoms with E-state index in [1.165, 1.54) is 19.3 Å². The van der Waals surface area contributed by atoms with E-state index in [0.29, 0.717) is 25.3 Å². The second kappa shape index (κ2) is 11.8. The molecule has 2 heterocycles. The molecule has 2 saturated heterocycles. The molecule has 6 nitrogen and oxygen atoms in total. The molecule has 3 atom stereocenters. The van der Waals surface area contributed by atoms with Gasteiger partial charge in [0.05, 0.1) is 12.2 Å². The Morgan fingerprint density at radius 1 is 0.786 bits per heavy atom. The normalized spacial score (nSPS) is 26.9. The van der Waals surface area contributed by atoms with Crippen molar-refractivity contribution in [3.05, 3.63) is 0 Å². The van der Waals surface area contributed by atoms with E-state index in [4.69, 9.17) is 9.47 Å². The molecule has 0 aromatic heterocycles. The third-order valence-electron chi connectivity index (χ3n) is 6.52. The maximum atomic E-state index is 12.5. The number of rotatable bonds is 10. The van der Waals surface area contributed by atoms with Gasteiger partial charge < -0.3 is 20.1 Å². The van der Waals surface area contributed by atoms with Crippen molar-refractivity contribution in [2.75, 3.05) is 19.8 Å². The predicted octanol–water partition coefficient (Wildman–Crippen LogP) is 3.09. The fourth-order valence-electron chi connectivity index (χ4n) is 4.79. The third kappa shape index (κ3) is 7.36. The molecule has 3 rings (SSSR count). The molecule has 0 bridgehead atoms. The lowest BCUT2D eigenvalue weighted by Crippen LogP contribution is -2.48. The number of nitrogens with one attached hydrogen (secondary N) is 2. The molecule has 1 aliphatic carbocycles. The average Bonchev–Trinajstić information content (AvgIpc) is 3.42. The van der Waals surface area contributed by atoms with Gasteiger partial charge in [0, 0.05) is 38.6 Å². The van der Waals surface area contributed by atoms with E-state index in [-0.39, 0.29) is 30.1 Å². The van der Waals surface area contributed by atoms with Gasteiger partial charge in [0.2, 0.25) is 11.8 Å². The Bertz CT molecular complexity index is 481. The van der Waals surface area contributed by atoms with Crippen molar-refractivity contribution in [2.45, 2.75) is 102 Å². The minimum Gasteiger partial charge on any atom is -0.378 e. The fraction of sp³-hybridized carbons (Fsp3) is 0.909. The summed E-state index contributed by atoms with van der Waals surface area (Å²) in [6, 6.07) is 0.0453. The first-order chi connectivity index (χ1) is 13.7. The molecule has 0 radical (unpaired) electrons. The summed E-state index contributed by atoms with van der Waals surface area (Å²) in [5, 5.41) is 6.30. The van der Waals surface area contributed by atoms with Gasteiger partial charge >= 0.3 is 0 Å². The minimum atomic E-state index is 0.0453. The van der Waals surface area contributed by atoms with Gasteiger partial charge in [-0.2, -0.15) is 0 Å². The first kappa shape index (κ1) is 21.6. The smallest absolute Gasteiger partial charge is 0.220 e. The third-order valence-corrected chi connectivity index (χ3v) is 6.52. The van der Waals surface area contributed by atoms with E-state index in [1.807, 2.05) is 0 Å². The van der Waals surface area contributed by atoms with Crippen LogP contribution in [0.2, 0.25) is 0 Å². The molecular formula is C22H38N2O4. The first-order valence-corrected chi connectivity index (χ1v) is 11.5. The van der Waals surface area contributed by atoms with Crippen LogP contribution in [0.1, 0.15) is 83.5 Å². The summed E-state index contributed by atoms with van der Waals surface area (Å²) in [6.45, 7) is 2.20. The lowest BCUT2D eigenvalue weighted by molar-refractivity contribution is -0.124. The molecule has 160 valence electrons. The molecule has 2 aliphatic heterocycles. The van der Waals surface area contributed by atoms with Crippen LogP contribution < -0.4 is 10.6 Å². The number of hydrogen-bond acceptors (Lipinski definition) is 4. The summed E-state index contributed by atoms with van der Waals surface area (Å²) in [6.07, 6.45) is 13.5. The fourth-order valence-corrected chi connectivity index (χ4v) is 4.79. The molecule has 3 unspecified atom stereocenters.